The van der Waals surface area contributed by atoms with Crippen molar-refractivity contribution in [2.45, 2.75) is 12.8 Å². The Bertz CT molecular complexity index is 626. The van der Waals surface area contributed by atoms with E-state index in [-0.39, 0.29) is 103 Å². The summed E-state index contributed by atoms with van der Waals surface area (Å²) < 4.78 is 16.6. The zero-order valence-electron chi connectivity index (χ0n) is 11.9. The van der Waals surface area contributed by atoms with Gasteiger partial charge in [-0.1, -0.05) is 0 Å². The monoisotopic (exact) mass is 459 g/mol. The fourth-order valence-corrected chi connectivity index (χ4v) is 1.66. The maximum absolute atomic E-state index is 11.6. The summed E-state index contributed by atoms with van der Waals surface area (Å²) >= 11 is 0. The summed E-state index contributed by atoms with van der Waals surface area (Å²) in [5.74, 6) is 0.0167. The molecule has 0 fully saturated rings. The standard InChI is InChI=1S/C11H15N5O4.2Y/c1-18-3-7(4-19-2)20-6-16-5-13-8-9(16)14-11(12)15-10(8)17;;/h5,7H,1-4,6H2,(H3,12,14,15,17);;/q-2;;. The third-order valence-corrected chi connectivity index (χ3v) is 2.55. The third-order valence-electron chi connectivity index (χ3n) is 2.55. The summed E-state index contributed by atoms with van der Waals surface area (Å²) in [6.45, 7) is 0.611. The Labute approximate surface area is 177 Å². The normalized spacial score (nSPS) is 10.5. The predicted octanol–water partition coefficient (Wildman–Crippen LogP) is -0.344. The number of nitrogens with one attached hydrogen (secondary N) is 1. The van der Waals surface area contributed by atoms with E-state index in [0.29, 0.717) is 5.65 Å². The number of nitrogens with two attached hydrogens (primary N) is 1. The largest absolute Gasteiger partial charge is 0.553 e. The molecule has 2 radical (unpaired) electrons. The molecule has 0 amide bonds. The minimum atomic E-state index is -0.398. The minimum absolute atomic E-state index is 0. The van der Waals surface area contributed by atoms with Gasteiger partial charge in [0, 0.05) is 78.6 Å². The number of ether oxygens (including phenoxy) is 3. The van der Waals surface area contributed by atoms with Crippen LogP contribution in [0.15, 0.2) is 11.1 Å². The molecule has 2 heterocycles. The average molecular weight is 459 g/mol. The minimum Gasteiger partial charge on any atom is -0.553 e. The van der Waals surface area contributed by atoms with Crippen LogP contribution in [-0.4, -0.2) is 38.8 Å². The summed E-state index contributed by atoms with van der Waals surface area (Å²) in [5.41, 5.74) is 5.64. The summed E-state index contributed by atoms with van der Waals surface area (Å²) in [6, 6.07) is 0. The van der Waals surface area contributed by atoms with Gasteiger partial charge in [0.1, 0.15) is 12.8 Å². The first kappa shape index (κ1) is 22.2. The molecule has 0 aliphatic heterocycles. The Morgan fingerprint density at radius 1 is 1.32 bits per heavy atom. The number of rotatable bonds is 7. The number of fused-ring (bicyclic) bond motifs is 1. The van der Waals surface area contributed by atoms with E-state index in [2.05, 4.69) is 29.2 Å². The van der Waals surface area contributed by atoms with E-state index in [1.54, 1.807) is 4.57 Å². The zero-order chi connectivity index (χ0) is 14.5. The van der Waals surface area contributed by atoms with Gasteiger partial charge in [-0.3, -0.25) is 14.3 Å². The average Bonchev–Trinajstić information content (AvgIpc) is 2.80. The number of nitrogens with zero attached hydrogens (tertiary/aromatic N) is 3. The van der Waals surface area contributed by atoms with Crippen LogP contribution in [0.1, 0.15) is 0 Å². The second-order valence-electron chi connectivity index (χ2n) is 4.00. The van der Waals surface area contributed by atoms with Crippen molar-refractivity contribution in [3.05, 3.63) is 30.9 Å². The zero-order valence-corrected chi connectivity index (χ0v) is 17.6. The van der Waals surface area contributed by atoms with Crippen molar-refractivity contribution in [1.29, 1.82) is 0 Å². The van der Waals surface area contributed by atoms with Crippen LogP contribution < -0.4 is 11.3 Å². The Balaban J connectivity index is 0.00000220. The number of aromatic amines is 1. The van der Waals surface area contributed by atoms with Gasteiger partial charge in [-0.25, -0.2) is 19.2 Å². The summed E-state index contributed by atoms with van der Waals surface area (Å²) in [4.78, 5) is 22.0. The second kappa shape index (κ2) is 10.9. The SMILES string of the molecule is [CH2-]OCC(CO[CH2-])OCn1cnc2c(=O)[nH]c(N)nc21.[Y].[Y]. The Hall–Kier alpha value is 0.238. The van der Waals surface area contributed by atoms with Crippen molar-refractivity contribution < 1.29 is 79.6 Å². The molecule has 2 aromatic rings. The van der Waals surface area contributed by atoms with Gasteiger partial charge >= 0.3 is 0 Å². The van der Waals surface area contributed by atoms with Crippen molar-refractivity contribution in [1.82, 2.24) is 19.5 Å². The van der Waals surface area contributed by atoms with Crippen LogP contribution in [0.25, 0.3) is 11.2 Å². The number of nitrogen functional groups attached to an aromatic ring is 1. The van der Waals surface area contributed by atoms with E-state index in [4.69, 9.17) is 19.9 Å². The van der Waals surface area contributed by atoms with Crippen LogP contribution in [0.3, 0.4) is 0 Å². The van der Waals surface area contributed by atoms with E-state index < -0.39 is 5.56 Å². The second-order valence-corrected chi connectivity index (χ2v) is 4.00. The van der Waals surface area contributed by atoms with Crippen molar-refractivity contribution >= 4 is 17.1 Å². The molecule has 0 unspecified atom stereocenters. The van der Waals surface area contributed by atoms with E-state index in [0.717, 1.165) is 0 Å². The van der Waals surface area contributed by atoms with Crippen LogP contribution in [0.5, 0.6) is 0 Å². The quantitative estimate of drug-likeness (QED) is 0.545. The molecule has 9 nitrogen and oxygen atoms in total. The fourth-order valence-electron chi connectivity index (χ4n) is 1.66. The van der Waals surface area contributed by atoms with Crippen molar-refractivity contribution in [2.24, 2.45) is 0 Å². The van der Waals surface area contributed by atoms with Gasteiger partial charge in [0.05, 0.1) is 6.33 Å². The Kier molecular flexibility index (Phi) is 11.0. The third kappa shape index (κ3) is 5.70. The predicted molar refractivity (Wildman–Crippen MR) is 70.1 cm³/mol. The van der Waals surface area contributed by atoms with Gasteiger partial charge in [0.15, 0.2) is 11.2 Å². The van der Waals surface area contributed by atoms with Gasteiger partial charge in [-0.05, 0) is 0 Å². The molecule has 0 bridgehead atoms. The van der Waals surface area contributed by atoms with Crippen molar-refractivity contribution in [2.75, 3.05) is 18.9 Å². The van der Waals surface area contributed by atoms with Crippen molar-refractivity contribution in [3.63, 3.8) is 0 Å². The number of imidazole rings is 1. The van der Waals surface area contributed by atoms with E-state index in [9.17, 15) is 4.79 Å². The molecule has 2 rings (SSSR count). The smallest absolute Gasteiger partial charge is 0.280 e. The topological polar surface area (TPSA) is 117 Å². The van der Waals surface area contributed by atoms with Gasteiger partial charge in [0.2, 0.25) is 5.95 Å². The molecule has 0 aromatic carbocycles. The van der Waals surface area contributed by atoms with Gasteiger partial charge in [-0.15, -0.1) is 0 Å². The molecule has 0 aliphatic carbocycles. The molecule has 0 spiro atoms. The molecule has 0 aliphatic rings. The van der Waals surface area contributed by atoms with Gasteiger partial charge in [-0.2, -0.15) is 4.98 Å². The molecule has 116 valence electrons. The molecule has 22 heavy (non-hydrogen) atoms. The van der Waals surface area contributed by atoms with Crippen molar-refractivity contribution in [3.8, 4) is 0 Å². The van der Waals surface area contributed by atoms with Crippen LogP contribution >= 0.6 is 0 Å². The number of aromatic nitrogens is 4. The first-order valence-electron chi connectivity index (χ1n) is 5.72. The maximum atomic E-state index is 11.6. The number of anilines is 1. The first-order valence-corrected chi connectivity index (χ1v) is 5.72. The summed E-state index contributed by atoms with van der Waals surface area (Å²) in [6.07, 6.45) is 1.10. The van der Waals surface area contributed by atoms with Gasteiger partial charge in [0.25, 0.3) is 5.56 Å². The maximum Gasteiger partial charge on any atom is 0.280 e. The first-order chi connectivity index (χ1) is 9.65. The van der Waals surface area contributed by atoms with E-state index >= 15 is 0 Å². The van der Waals surface area contributed by atoms with Crippen LogP contribution in [0.2, 0.25) is 0 Å². The van der Waals surface area contributed by atoms with E-state index in [1.165, 1.54) is 6.33 Å². The number of hydrogen-bond donors (Lipinski definition) is 2. The molecule has 0 saturated heterocycles. The molecule has 3 N–H and O–H groups in total. The molecule has 11 heteroatoms. The number of hydrogen-bond acceptors (Lipinski definition) is 7. The molecular weight excluding hydrogens is 444 g/mol. The van der Waals surface area contributed by atoms with Crippen LogP contribution in [0, 0.1) is 14.2 Å². The fraction of sp³-hybridized carbons (Fsp3) is 0.364. The molecule has 0 atom stereocenters. The molecular formula is C11H15N5O4Y2-2. The van der Waals surface area contributed by atoms with Gasteiger partial charge < -0.3 is 19.9 Å². The summed E-state index contributed by atoms with van der Waals surface area (Å²) in [5, 5.41) is 0. The Morgan fingerprint density at radius 2 is 1.95 bits per heavy atom. The summed E-state index contributed by atoms with van der Waals surface area (Å²) in [7, 11) is 6.55. The Morgan fingerprint density at radius 3 is 2.55 bits per heavy atom. The van der Waals surface area contributed by atoms with Crippen LogP contribution in [0.4, 0.5) is 5.95 Å². The molecule has 0 saturated carbocycles. The van der Waals surface area contributed by atoms with E-state index in [1.807, 2.05) is 0 Å². The van der Waals surface area contributed by atoms with Crippen LogP contribution in [-0.2, 0) is 86.4 Å². The number of H-pyrrole nitrogens is 1. The molecule has 2 aromatic heterocycles.